The molecule has 0 aromatic carbocycles. The van der Waals surface area contributed by atoms with E-state index in [2.05, 4.69) is 0 Å². The molecule has 104 valence electrons. The first-order valence-corrected chi connectivity index (χ1v) is 7.62. The molecule has 1 N–H and O–H groups in total. The van der Waals surface area contributed by atoms with Crippen LogP contribution >= 0.6 is 23.5 Å². The van der Waals surface area contributed by atoms with E-state index in [1.165, 1.54) is 16.7 Å². The fourth-order valence-electron chi connectivity index (χ4n) is 1.92. The maximum atomic E-state index is 12.0. The number of thioether (sulfide) groups is 2. The van der Waals surface area contributed by atoms with Crippen LogP contribution in [0.3, 0.4) is 0 Å². The molecule has 1 saturated heterocycles. The molecule has 2 aliphatic heterocycles. The molecule has 1 fully saturated rings. The molecule has 1 atom stereocenters. The fraction of sp³-hybridized carbons (Fsp3) is 0.545. The average Bonchev–Trinajstić information content (AvgIpc) is 2.63. The summed E-state index contributed by atoms with van der Waals surface area (Å²) in [5, 5.41) is 8.86. The maximum Gasteiger partial charge on any atom is 0.354 e. The highest BCUT2D eigenvalue weighted by molar-refractivity contribution is 8.29. The van der Waals surface area contributed by atoms with Crippen LogP contribution in [0.5, 0.6) is 0 Å². The molecular formula is C11H14N2O4S2. The van der Waals surface area contributed by atoms with Crippen molar-refractivity contribution in [2.45, 2.75) is 25.6 Å². The summed E-state index contributed by atoms with van der Waals surface area (Å²) in [6.07, 6.45) is 0.338. The molecule has 0 aliphatic carbocycles. The summed E-state index contributed by atoms with van der Waals surface area (Å²) in [5.41, 5.74) is -0.0447. The van der Waals surface area contributed by atoms with Crippen molar-refractivity contribution in [3.05, 3.63) is 9.93 Å². The van der Waals surface area contributed by atoms with Crippen LogP contribution in [0, 0.1) is 0 Å². The van der Waals surface area contributed by atoms with Crippen LogP contribution in [-0.2, 0) is 9.59 Å². The van der Waals surface area contributed by atoms with E-state index in [1.807, 2.05) is 13.8 Å². The molecule has 2 amide bonds. The molecule has 2 rings (SSSR count). The monoisotopic (exact) mass is 302 g/mol. The van der Waals surface area contributed by atoms with E-state index in [0.717, 1.165) is 11.8 Å². The number of fused-ring (bicyclic) bond motifs is 1. The van der Waals surface area contributed by atoms with E-state index in [9.17, 15) is 19.5 Å². The van der Waals surface area contributed by atoms with Crippen molar-refractivity contribution in [2.24, 2.45) is 0 Å². The Morgan fingerprint density at radius 3 is 2.58 bits per heavy atom. The molecule has 0 saturated carbocycles. The van der Waals surface area contributed by atoms with Crippen molar-refractivity contribution in [3.8, 4) is 0 Å². The minimum absolute atomic E-state index is 0.0447. The third kappa shape index (κ3) is 2.46. The minimum atomic E-state index is -1.15. The van der Waals surface area contributed by atoms with Gasteiger partial charge in [-0.05, 0) is 25.6 Å². The van der Waals surface area contributed by atoms with Crippen LogP contribution < -0.4 is 0 Å². The van der Waals surface area contributed by atoms with Gasteiger partial charge >= 0.3 is 5.97 Å². The molecule has 0 aromatic rings. The molecule has 0 aromatic heterocycles. The smallest absolute Gasteiger partial charge is 0.354 e. The summed E-state index contributed by atoms with van der Waals surface area (Å²) in [7, 11) is 0. The Kier molecular flexibility index (Phi) is 4.10. The van der Waals surface area contributed by atoms with Gasteiger partial charge in [0.1, 0.15) is 0 Å². The zero-order valence-electron chi connectivity index (χ0n) is 10.6. The zero-order valence-corrected chi connectivity index (χ0v) is 12.2. The van der Waals surface area contributed by atoms with Gasteiger partial charge in [0.05, 0.1) is 16.0 Å². The van der Waals surface area contributed by atoms with Gasteiger partial charge in [0.2, 0.25) is 5.91 Å². The second-order valence-electron chi connectivity index (χ2n) is 4.02. The Hall–Kier alpha value is -1.15. The largest absolute Gasteiger partial charge is 0.477 e. The summed E-state index contributed by atoms with van der Waals surface area (Å²) in [5.74, 6) is -1.35. The van der Waals surface area contributed by atoms with Crippen molar-refractivity contribution in [2.75, 3.05) is 13.1 Å². The summed E-state index contributed by atoms with van der Waals surface area (Å²) < 4.78 is 0.417. The third-order valence-corrected chi connectivity index (χ3v) is 5.39. The van der Waals surface area contributed by atoms with E-state index < -0.39 is 5.97 Å². The van der Waals surface area contributed by atoms with Gasteiger partial charge in [-0.15, -0.1) is 0 Å². The lowest BCUT2D eigenvalue weighted by Gasteiger charge is -2.33. The number of nitrogens with zero attached hydrogens (tertiary/aromatic N) is 2. The number of aliphatic carboxylic acids is 1. The number of carbonyl (C=O) groups excluding carboxylic acids is 2. The van der Waals surface area contributed by atoms with Gasteiger partial charge in [-0.1, -0.05) is 11.8 Å². The SMILES string of the molecule is CCN(CC)C(=O)SC1=C(C(=O)O)N2C(=O)C[C@H]2S1. The Morgan fingerprint density at radius 2 is 2.11 bits per heavy atom. The third-order valence-electron chi connectivity index (χ3n) is 2.99. The molecule has 2 aliphatic rings. The number of hydrogen-bond acceptors (Lipinski definition) is 5. The van der Waals surface area contributed by atoms with E-state index >= 15 is 0 Å². The number of carboxylic acids is 1. The van der Waals surface area contributed by atoms with Crippen molar-refractivity contribution in [3.63, 3.8) is 0 Å². The Morgan fingerprint density at radius 1 is 1.47 bits per heavy atom. The number of hydrogen-bond donors (Lipinski definition) is 1. The normalized spacial score (nSPS) is 21.3. The quantitative estimate of drug-likeness (QED) is 0.797. The highest BCUT2D eigenvalue weighted by atomic mass is 32.2. The average molecular weight is 302 g/mol. The predicted octanol–water partition coefficient (Wildman–Crippen LogP) is 1.74. The lowest BCUT2D eigenvalue weighted by atomic mass is 10.2. The number of β-lactam (4-membered cyclic amide) rings is 1. The lowest BCUT2D eigenvalue weighted by Crippen LogP contribution is -2.48. The molecule has 0 unspecified atom stereocenters. The number of amides is 2. The second-order valence-corrected chi connectivity index (χ2v) is 6.43. The Bertz CT molecular complexity index is 473. The molecular weight excluding hydrogens is 288 g/mol. The minimum Gasteiger partial charge on any atom is -0.477 e. The zero-order chi connectivity index (χ0) is 14.2. The Balaban J connectivity index is 2.17. The van der Waals surface area contributed by atoms with Crippen LogP contribution in [0.25, 0.3) is 0 Å². The van der Waals surface area contributed by atoms with Crippen LogP contribution in [0.4, 0.5) is 4.79 Å². The second kappa shape index (κ2) is 5.46. The van der Waals surface area contributed by atoms with Gasteiger partial charge in [-0.25, -0.2) is 4.79 Å². The van der Waals surface area contributed by atoms with E-state index in [0.29, 0.717) is 23.7 Å². The molecule has 2 heterocycles. The van der Waals surface area contributed by atoms with Crippen LogP contribution in [0.1, 0.15) is 20.3 Å². The predicted molar refractivity (Wildman–Crippen MR) is 73.4 cm³/mol. The number of carbonyl (C=O) groups is 3. The Labute approximate surface area is 119 Å². The van der Waals surface area contributed by atoms with E-state index in [-0.39, 0.29) is 22.2 Å². The summed E-state index contributed by atoms with van der Waals surface area (Å²) in [6.45, 7) is 4.89. The number of carboxylic acid groups (broad SMARTS) is 1. The summed E-state index contributed by atoms with van der Waals surface area (Å²) in [6, 6.07) is 0. The summed E-state index contributed by atoms with van der Waals surface area (Å²) >= 11 is 2.19. The van der Waals surface area contributed by atoms with Gasteiger partial charge in [0.15, 0.2) is 5.70 Å². The highest BCUT2D eigenvalue weighted by Gasteiger charge is 2.49. The molecule has 0 spiro atoms. The van der Waals surface area contributed by atoms with Crippen molar-refractivity contribution in [1.29, 1.82) is 0 Å². The lowest BCUT2D eigenvalue weighted by molar-refractivity contribution is -0.145. The first kappa shape index (κ1) is 14.3. The first-order valence-electron chi connectivity index (χ1n) is 5.92. The maximum absolute atomic E-state index is 12.0. The standard InChI is InChI=1S/C11H14N2O4S2/c1-3-12(4-2)11(17)19-10-8(9(15)16)13-6(14)5-7(13)18-10/h7H,3-5H2,1-2H3,(H,15,16)/t7-/m1/s1. The van der Waals surface area contributed by atoms with E-state index in [1.54, 1.807) is 4.90 Å². The van der Waals surface area contributed by atoms with Crippen molar-refractivity contribution in [1.82, 2.24) is 9.80 Å². The van der Waals surface area contributed by atoms with Crippen LogP contribution in [0.2, 0.25) is 0 Å². The van der Waals surface area contributed by atoms with Crippen LogP contribution in [0.15, 0.2) is 9.93 Å². The highest BCUT2D eigenvalue weighted by Crippen LogP contribution is 2.50. The molecule has 8 heteroatoms. The molecule has 0 radical (unpaired) electrons. The topological polar surface area (TPSA) is 77.9 Å². The van der Waals surface area contributed by atoms with Gasteiger partial charge in [0.25, 0.3) is 5.24 Å². The van der Waals surface area contributed by atoms with E-state index in [4.69, 9.17) is 0 Å². The van der Waals surface area contributed by atoms with Crippen LogP contribution in [-0.4, -0.2) is 50.5 Å². The van der Waals surface area contributed by atoms with Gasteiger partial charge < -0.3 is 10.0 Å². The van der Waals surface area contributed by atoms with Crippen molar-refractivity contribution >= 4 is 40.6 Å². The van der Waals surface area contributed by atoms with Gasteiger partial charge in [0, 0.05) is 13.1 Å². The molecule has 6 nitrogen and oxygen atoms in total. The fourth-order valence-corrected chi connectivity index (χ4v) is 4.58. The molecule has 19 heavy (non-hydrogen) atoms. The van der Waals surface area contributed by atoms with Crippen molar-refractivity contribution < 1.29 is 19.5 Å². The number of rotatable bonds is 4. The van der Waals surface area contributed by atoms with Gasteiger partial charge in [-0.3, -0.25) is 14.5 Å². The van der Waals surface area contributed by atoms with Gasteiger partial charge in [-0.2, -0.15) is 0 Å². The summed E-state index contributed by atoms with van der Waals surface area (Å²) in [4.78, 5) is 37.5. The molecule has 0 bridgehead atoms. The first-order chi connectivity index (χ1) is 8.99.